The highest BCUT2D eigenvalue weighted by molar-refractivity contribution is 14.1. The van der Waals surface area contributed by atoms with E-state index in [4.69, 9.17) is 0 Å². The zero-order valence-electron chi connectivity index (χ0n) is 12.9. The van der Waals surface area contributed by atoms with Gasteiger partial charge in [-0.15, -0.1) is 0 Å². The van der Waals surface area contributed by atoms with Gasteiger partial charge in [-0.2, -0.15) is 0 Å². The SMILES string of the molecule is CCCCNC(=O)c1cccc(NC(=O)c2cccc(I)c2)c1. The number of hydrogen-bond donors (Lipinski definition) is 2. The molecule has 23 heavy (non-hydrogen) atoms. The van der Waals surface area contributed by atoms with Crippen molar-refractivity contribution in [3.8, 4) is 0 Å². The molecule has 0 saturated heterocycles. The molecule has 0 radical (unpaired) electrons. The minimum Gasteiger partial charge on any atom is -0.352 e. The van der Waals surface area contributed by atoms with Crippen LogP contribution in [0.15, 0.2) is 48.5 Å². The van der Waals surface area contributed by atoms with Gasteiger partial charge < -0.3 is 10.6 Å². The average molecular weight is 422 g/mol. The molecule has 4 nitrogen and oxygen atoms in total. The van der Waals surface area contributed by atoms with Crippen molar-refractivity contribution in [2.45, 2.75) is 19.8 Å². The molecule has 0 aliphatic carbocycles. The second kappa shape index (κ2) is 8.67. The van der Waals surface area contributed by atoms with Crippen LogP contribution in [-0.2, 0) is 0 Å². The number of nitrogens with one attached hydrogen (secondary N) is 2. The molecular formula is C18H19IN2O2. The Labute approximate surface area is 149 Å². The van der Waals surface area contributed by atoms with Gasteiger partial charge in [0, 0.05) is 26.9 Å². The van der Waals surface area contributed by atoms with Crippen LogP contribution in [0.2, 0.25) is 0 Å². The van der Waals surface area contributed by atoms with Crippen molar-refractivity contribution < 1.29 is 9.59 Å². The fourth-order valence-electron chi connectivity index (χ4n) is 2.05. The van der Waals surface area contributed by atoms with Crippen LogP contribution in [0.4, 0.5) is 5.69 Å². The topological polar surface area (TPSA) is 58.2 Å². The van der Waals surface area contributed by atoms with Crippen LogP contribution >= 0.6 is 22.6 Å². The molecule has 0 saturated carbocycles. The molecule has 0 heterocycles. The number of rotatable bonds is 6. The van der Waals surface area contributed by atoms with Crippen molar-refractivity contribution in [2.24, 2.45) is 0 Å². The molecule has 0 fully saturated rings. The predicted molar refractivity (Wildman–Crippen MR) is 101 cm³/mol. The maximum Gasteiger partial charge on any atom is 0.255 e. The number of carbonyl (C=O) groups is 2. The highest BCUT2D eigenvalue weighted by atomic mass is 127. The van der Waals surface area contributed by atoms with Crippen molar-refractivity contribution in [1.29, 1.82) is 0 Å². The lowest BCUT2D eigenvalue weighted by molar-refractivity contribution is 0.0951. The molecule has 0 unspecified atom stereocenters. The summed E-state index contributed by atoms with van der Waals surface area (Å²) in [6.07, 6.45) is 1.99. The molecule has 2 amide bonds. The van der Waals surface area contributed by atoms with Gasteiger partial charge in [0.1, 0.15) is 0 Å². The number of carbonyl (C=O) groups excluding carboxylic acids is 2. The van der Waals surface area contributed by atoms with E-state index in [0.717, 1.165) is 16.4 Å². The molecule has 0 spiro atoms. The van der Waals surface area contributed by atoms with Gasteiger partial charge in [0.2, 0.25) is 0 Å². The summed E-state index contributed by atoms with van der Waals surface area (Å²) in [6.45, 7) is 2.74. The van der Waals surface area contributed by atoms with Crippen molar-refractivity contribution in [1.82, 2.24) is 5.32 Å². The molecule has 0 aliphatic heterocycles. The summed E-state index contributed by atoms with van der Waals surface area (Å²) in [4.78, 5) is 24.3. The van der Waals surface area contributed by atoms with Crippen LogP contribution in [0.3, 0.4) is 0 Å². The molecule has 2 rings (SSSR count). The van der Waals surface area contributed by atoms with Gasteiger partial charge in [-0.05, 0) is 65.4 Å². The number of unbranched alkanes of at least 4 members (excludes halogenated alkanes) is 1. The molecule has 2 aromatic carbocycles. The minimum atomic E-state index is -0.188. The second-order valence-corrected chi connectivity index (χ2v) is 6.40. The standard InChI is InChI=1S/C18H19IN2O2/c1-2-3-10-20-17(22)14-7-5-9-16(12-14)21-18(23)13-6-4-8-15(19)11-13/h4-9,11-12H,2-3,10H2,1H3,(H,20,22)(H,21,23). The molecule has 0 bridgehead atoms. The number of anilines is 1. The van der Waals surface area contributed by atoms with Gasteiger partial charge in [0.15, 0.2) is 0 Å². The van der Waals surface area contributed by atoms with Crippen LogP contribution < -0.4 is 10.6 Å². The number of halogens is 1. The Bertz CT molecular complexity index is 701. The monoisotopic (exact) mass is 422 g/mol. The fourth-order valence-corrected chi connectivity index (χ4v) is 2.60. The molecule has 0 atom stereocenters. The highest BCUT2D eigenvalue weighted by Crippen LogP contribution is 2.14. The zero-order chi connectivity index (χ0) is 16.7. The Morgan fingerprint density at radius 1 is 1.00 bits per heavy atom. The van der Waals surface area contributed by atoms with Gasteiger partial charge in [0.05, 0.1) is 0 Å². The summed E-state index contributed by atoms with van der Waals surface area (Å²) >= 11 is 2.17. The number of hydrogen-bond acceptors (Lipinski definition) is 2. The fraction of sp³-hybridized carbons (Fsp3) is 0.222. The maximum atomic E-state index is 12.2. The van der Waals surface area contributed by atoms with E-state index in [-0.39, 0.29) is 11.8 Å². The van der Waals surface area contributed by atoms with Gasteiger partial charge in [-0.1, -0.05) is 25.5 Å². The van der Waals surface area contributed by atoms with E-state index < -0.39 is 0 Å². The summed E-state index contributed by atoms with van der Waals surface area (Å²) in [7, 11) is 0. The van der Waals surface area contributed by atoms with E-state index in [0.29, 0.717) is 23.4 Å². The van der Waals surface area contributed by atoms with Crippen LogP contribution in [-0.4, -0.2) is 18.4 Å². The van der Waals surface area contributed by atoms with Crippen molar-refractivity contribution in [3.63, 3.8) is 0 Å². The Kier molecular flexibility index (Phi) is 6.58. The van der Waals surface area contributed by atoms with Gasteiger partial charge in [-0.25, -0.2) is 0 Å². The van der Waals surface area contributed by atoms with Crippen molar-refractivity contribution in [2.75, 3.05) is 11.9 Å². The van der Waals surface area contributed by atoms with E-state index in [2.05, 4.69) is 40.1 Å². The molecule has 2 aromatic rings. The van der Waals surface area contributed by atoms with Gasteiger partial charge in [-0.3, -0.25) is 9.59 Å². The lowest BCUT2D eigenvalue weighted by Gasteiger charge is -2.08. The Hall–Kier alpha value is -1.89. The van der Waals surface area contributed by atoms with Crippen LogP contribution in [0.5, 0.6) is 0 Å². The smallest absolute Gasteiger partial charge is 0.255 e. The van der Waals surface area contributed by atoms with Crippen molar-refractivity contribution in [3.05, 3.63) is 63.2 Å². The van der Waals surface area contributed by atoms with Crippen LogP contribution in [0.1, 0.15) is 40.5 Å². The summed E-state index contributed by atoms with van der Waals surface area (Å²) in [5.41, 5.74) is 1.74. The van der Waals surface area contributed by atoms with E-state index in [1.165, 1.54) is 0 Å². The number of amides is 2. The minimum absolute atomic E-state index is 0.121. The summed E-state index contributed by atoms with van der Waals surface area (Å²) in [6, 6.07) is 14.3. The molecule has 5 heteroatoms. The Morgan fingerprint density at radius 2 is 1.70 bits per heavy atom. The molecule has 0 aliphatic rings. The Morgan fingerprint density at radius 3 is 2.39 bits per heavy atom. The average Bonchev–Trinajstić information content (AvgIpc) is 2.55. The first-order valence-corrected chi connectivity index (χ1v) is 8.63. The van der Waals surface area contributed by atoms with E-state index in [1.807, 2.05) is 18.2 Å². The maximum absolute atomic E-state index is 12.2. The largest absolute Gasteiger partial charge is 0.352 e. The molecule has 120 valence electrons. The lowest BCUT2D eigenvalue weighted by atomic mass is 10.1. The van der Waals surface area contributed by atoms with Gasteiger partial charge >= 0.3 is 0 Å². The molecule has 2 N–H and O–H groups in total. The van der Waals surface area contributed by atoms with Crippen LogP contribution in [0, 0.1) is 3.57 Å². The van der Waals surface area contributed by atoms with E-state index >= 15 is 0 Å². The lowest BCUT2D eigenvalue weighted by Crippen LogP contribution is -2.24. The highest BCUT2D eigenvalue weighted by Gasteiger charge is 2.09. The predicted octanol–water partition coefficient (Wildman–Crippen LogP) is 4.07. The third-order valence-electron chi connectivity index (χ3n) is 3.29. The summed E-state index contributed by atoms with van der Waals surface area (Å²) in [5, 5.41) is 5.69. The van der Waals surface area contributed by atoms with Crippen molar-refractivity contribution >= 4 is 40.1 Å². The van der Waals surface area contributed by atoms with Crippen LogP contribution in [0.25, 0.3) is 0 Å². The molecular weight excluding hydrogens is 403 g/mol. The van der Waals surface area contributed by atoms with E-state index in [1.54, 1.807) is 30.3 Å². The normalized spacial score (nSPS) is 10.2. The first-order valence-electron chi connectivity index (χ1n) is 7.55. The third kappa shape index (κ3) is 5.35. The first-order chi connectivity index (χ1) is 11.1. The number of benzene rings is 2. The Balaban J connectivity index is 2.05. The summed E-state index contributed by atoms with van der Waals surface area (Å²) in [5.74, 6) is -0.309. The van der Waals surface area contributed by atoms with E-state index in [9.17, 15) is 9.59 Å². The molecule has 0 aromatic heterocycles. The quantitative estimate of drug-likeness (QED) is 0.545. The zero-order valence-corrected chi connectivity index (χ0v) is 15.1. The van der Waals surface area contributed by atoms with Gasteiger partial charge in [0.25, 0.3) is 11.8 Å². The third-order valence-corrected chi connectivity index (χ3v) is 3.96. The first kappa shape index (κ1) is 17.5. The second-order valence-electron chi connectivity index (χ2n) is 5.15. The summed E-state index contributed by atoms with van der Waals surface area (Å²) < 4.78 is 0.999.